The largest absolute Gasteiger partial charge is 0.390 e. The second kappa shape index (κ2) is 6.52. The van der Waals surface area contributed by atoms with Gasteiger partial charge in [0.2, 0.25) is 0 Å². The molecule has 0 unspecified atom stereocenters. The molecule has 0 amide bonds. The molecule has 0 atom stereocenters. The molecule has 1 fully saturated rings. The van der Waals surface area contributed by atoms with Crippen molar-refractivity contribution in [3.8, 4) is 0 Å². The Bertz CT molecular complexity index is 159. The fraction of sp³-hybridized carbons (Fsp3) is 1.00. The highest BCUT2D eigenvalue weighted by atomic mass is 16.3. The Balaban J connectivity index is 1.98. The van der Waals surface area contributed by atoms with Crippen molar-refractivity contribution in [2.45, 2.75) is 83.7 Å². The summed E-state index contributed by atoms with van der Waals surface area (Å²) in [5.74, 6) is 0.837. The van der Waals surface area contributed by atoms with Gasteiger partial charge in [-0.3, -0.25) is 0 Å². The molecule has 0 aromatic rings. The van der Waals surface area contributed by atoms with Crippen LogP contribution in [0, 0.1) is 5.92 Å². The van der Waals surface area contributed by atoms with E-state index in [0.717, 1.165) is 25.2 Å². The normalized spacial score (nSPS) is 30.2. The maximum Gasteiger partial charge on any atom is 0.0653 e. The highest BCUT2D eigenvalue weighted by Gasteiger charge is 2.40. The van der Waals surface area contributed by atoms with Crippen LogP contribution in [0.1, 0.15) is 78.1 Å². The molecular formula is C14H28O. The lowest BCUT2D eigenvalue weighted by atomic mass is 9.67. The van der Waals surface area contributed by atoms with Gasteiger partial charge in [-0.15, -0.1) is 0 Å². The predicted octanol–water partition coefficient (Wildman–Crippen LogP) is 4.29. The minimum Gasteiger partial charge on any atom is -0.390 e. The third-order valence-electron chi connectivity index (χ3n) is 3.80. The summed E-state index contributed by atoms with van der Waals surface area (Å²) in [6.07, 6.45) is 12.4. The Morgan fingerprint density at radius 1 is 1.00 bits per heavy atom. The molecule has 0 aromatic heterocycles. The highest BCUT2D eigenvalue weighted by molar-refractivity contribution is 4.93. The second-order valence-electron chi connectivity index (χ2n) is 5.45. The number of unbranched alkanes of at least 4 members (excludes halogenated alkanes) is 4. The SMILES string of the molecule is CCCCCCC1CC(O)(CCCC)C1. The Morgan fingerprint density at radius 3 is 2.27 bits per heavy atom. The van der Waals surface area contributed by atoms with Crippen LogP contribution in [0.25, 0.3) is 0 Å². The molecule has 0 bridgehead atoms. The van der Waals surface area contributed by atoms with E-state index in [2.05, 4.69) is 13.8 Å². The van der Waals surface area contributed by atoms with Gasteiger partial charge in [-0.25, -0.2) is 0 Å². The molecule has 1 nitrogen and oxygen atoms in total. The molecule has 0 aliphatic heterocycles. The van der Waals surface area contributed by atoms with Crippen LogP contribution in [0.5, 0.6) is 0 Å². The first-order valence-corrected chi connectivity index (χ1v) is 6.92. The molecule has 1 N–H and O–H groups in total. The maximum absolute atomic E-state index is 10.1. The van der Waals surface area contributed by atoms with E-state index < -0.39 is 0 Å². The Hall–Kier alpha value is -0.0400. The van der Waals surface area contributed by atoms with Gasteiger partial charge in [0.1, 0.15) is 0 Å². The first kappa shape index (κ1) is 13.0. The summed E-state index contributed by atoms with van der Waals surface area (Å²) in [6, 6.07) is 0. The standard InChI is InChI=1S/C14H28O/c1-3-5-7-8-9-13-11-14(15,12-13)10-6-4-2/h13,15H,3-12H2,1-2H3. The molecular weight excluding hydrogens is 184 g/mol. The third kappa shape index (κ3) is 4.55. The van der Waals surface area contributed by atoms with Crippen molar-refractivity contribution in [2.24, 2.45) is 5.92 Å². The van der Waals surface area contributed by atoms with Crippen LogP contribution in [-0.2, 0) is 0 Å². The van der Waals surface area contributed by atoms with Gasteiger partial charge >= 0.3 is 0 Å². The summed E-state index contributed by atoms with van der Waals surface area (Å²) < 4.78 is 0. The molecule has 1 saturated carbocycles. The predicted molar refractivity (Wildman–Crippen MR) is 66.0 cm³/mol. The van der Waals surface area contributed by atoms with Crippen LogP contribution in [0.15, 0.2) is 0 Å². The Kier molecular flexibility index (Phi) is 5.66. The summed E-state index contributed by atoms with van der Waals surface area (Å²) in [5.41, 5.74) is -0.258. The van der Waals surface area contributed by atoms with Crippen molar-refractivity contribution in [1.82, 2.24) is 0 Å². The van der Waals surface area contributed by atoms with Crippen molar-refractivity contribution in [3.63, 3.8) is 0 Å². The van der Waals surface area contributed by atoms with Crippen molar-refractivity contribution in [1.29, 1.82) is 0 Å². The van der Waals surface area contributed by atoms with Crippen molar-refractivity contribution in [2.75, 3.05) is 0 Å². The summed E-state index contributed by atoms with van der Waals surface area (Å²) in [4.78, 5) is 0. The van der Waals surface area contributed by atoms with E-state index in [0.29, 0.717) is 0 Å². The van der Waals surface area contributed by atoms with E-state index in [-0.39, 0.29) is 5.60 Å². The van der Waals surface area contributed by atoms with Gasteiger partial charge in [0.05, 0.1) is 5.60 Å². The van der Waals surface area contributed by atoms with Gasteiger partial charge < -0.3 is 5.11 Å². The van der Waals surface area contributed by atoms with Crippen molar-refractivity contribution >= 4 is 0 Å². The molecule has 0 radical (unpaired) electrons. The van der Waals surface area contributed by atoms with E-state index in [1.165, 1.54) is 44.9 Å². The lowest BCUT2D eigenvalue weighted by molar-refractivity contribution is -0.0830. The van der Waals surface area contributed by atoms with Crippen LogP contribution in [-0.4, -0.2) is 10.7 Å². The molecule has 15 heavy (non-hydrogen) atoms. The average Bonchev–Trinajstić information content (AvgIpc) is 2.18. The van der Waals surface area contributed by atoms with Gasteiger partial charge in [-0.1, -0.05) is 58.8 Å². The minimum absolute atomic E-state index is 0.258. The van der Waals surface area contributed by atoms with Crippen LogP contribution in [0.2, 0.25) is 0 Å². The topological polar surface area (TPSA) is 20.2 Å². The molecule has 0 spiro atoms. The fourth-order valence-electron chi connectivity index (χ4n) is 2.79. The number of hydrogen-bond acceptors (Lipinski definition) is 1. The maximum atomic E-state index is 10.1. The molecule has 1 heteroatoms. The van der Waals surface area contributed by atoms with E-state index in [1.54, 1.807) is 0 Å². The minimum atomic E-state index is -0.258. The monoisotopic (exact) mass is 212 g/mol. The quantitative estimate of drug-likeness (QED) is 0.595. The average molecular weight is 212 g/mol. The van der Waals surface area contributed by atoms with Gasteiger partial charge in [0.25, 0.3) is 0 Å². The summed E-state index contributed by atoms with van der Waals surface area (Å²) in [5, 5.41) is 10.1. The van der Waals surface area contributed by atoms with Crippen LogP contribution >= 0.6 is 0 Å². The first-order valence-electron chi connectivity index (χ1n) is 6.92. The fourth-order valence-corrected chi connectivity index (χ4v) is 2.79. The number of hydrogen-bond donors (Lipinski definition) is 1. The van der Waals surface area contributed by atoms with Crippen LogP contribution in [0.3, 0.4) is 0 Å². The van der Waals surface area contributed by atoms with Gasteiger partial charge in [-0.05, 0) is 25.2 Å². The molecule has 0 heterocycles. The second-order valence-corrected chi connectivity index (χ2v) is 5.45. The molecule has 0 saturated heterocycles. The smallest absolute Gasteiger partial charge is 0.0653 e. The van der Waals surface area contributed by atoms with Crippen LogP contribution < -0.4 is 0 Å². The van der Waals surface area contributed by atoms with Crippen molar-refractivity contribution in [3.05, 3.63) is 0 Å². The molecule has 1 aliphatic carbocycles. The first-order chi connectivity index (χ1) is 7.20. The zero-order valence-corrected chi connectivity index (χ0v) is 10.6. The molecule has 1 aliphatic rings. The summed E-state index contributed by atoms with van der Waals surface area (Å²) in [6.45, 7) is 4.46. The van der Waals surface area contributed by atoms with Gasteiger partial charge in [0.15, 0.2) is 0 Å². The lowest BCUT2D eigenvalue weighted by Crippen LogP contribution is -2.43. The number of rotatable bonds is 8. The van der Waals surface area contributed by atoms with E-state index in [4.69, 9.17) is 0 Å². The van der Waals surface area contributed by atoms with Crippen molar-refractivity contribution < 1.29 is 5.11 Å². The summed E-state index contributed by atoms with van der Waals surface area (Å²) in [7, 11) is 0. The van der Waals surface area contributed by atoms with Gasteiger partial charge in [-0.2, -0.15) is 0 Å². The van der Waals surface area contributed by atoms with Crippen LogP contribution in [0.4, 0.5) is 0 Å². The van der Waals surface area contributed by atoms with E-state index >= 15 is 0 Å². The van der Waals surface area contributed by atoms with Gasteiger partial charge in [0, 0.05) is 0 Å². The zero-order valence-electron chi connectivity index (χ0n) is 10.6. The lowest BCUT2D eigenvalue weighted by Gasteiger charge is -2.44. The summed E-state index contributed by atoms with van der Waals surface area (Å²) >= 11 is 0. The van der Waals surface area contributed by atoms with E-state index in [1.807, 2.05) is 0 Å². The molecule has 90 valence electrons. The third-order valence-corrected chi connectivity index (χ3v) is 3.80. The highest BCUT2D eigenvalue weighted by Crippen LogP contribution is 2.43. The molecule has 0 aromatic carbocycles. The number of aliphatic hydroxyl groups is 1. The van der Waals surface area contributed by atoms with E-state index in [9.17, 15) is 5.11 Å². The zero-order chi connectivity index (χ0) is 11.1. The Labute approximate surface area is 95.3 Å². The molecule has 1 rings (SSSR count). The Morgan fingerprint density at radius 2 is 1.67 bits per heavy atom.